The molecule has 1 atom stereocenters. The lowest BCUT2D eigenvalue weighted by molar-refractivity contribution is -0.141. The Labute approximate surface area is 131 Å². The summed E-state index contributed by atoms with van der Waals surface area (Å²) in [6.07, 6.45) is 0. The number of benzene rings is 1. The third-order valence-corrected chi connectivity index (χ3v) is 3.63. The highest BCUT2D eigenvalue weighted by molar-refractivity contribution is 14.1. The van der Waals surface area contributed by atoms with E-state index in [1.165, 1.54) is 4.90 Å². The van der Waals surface area contributed by atoms with Gasteiger partial charge in [0.2, 0.25) is 0 Å². The van der Waals surface area contributed by atoms with Crippen molar-refractivity contribution < 1.29 is 19.4 Å². The number of hydrogen-bond acceptors (Lipinski definition) is 3. The Morgan fingerprint density at radius 3 is 2.65 bits per heavy atom. The number of carbonyl (C=O) groups is 2. The van der Waals surface area contributed by atoms with Gasteiger partial charge < -0.3 is 20.1 Å². The number of aliphatic carboxylic acids is 1. The van der Waals surface area contributed by atoms with E-state index in [1.54, 1.807) is 39.3 Å². The number of methoxy groups -OCH3 is 1. The van der Waals surface area contributed by atoms with Crippen LogP contribution in [0.2, 0.25) is 0 Å². The highest BCUT2D eigenvalue weighted by Gasteiger charge is 2.18. The predicted octanol–water partition coefficient (Wildman–Crippen LogP) is 2.48. The van der Waals surface area contributed by atoms with E-state index in [0.29, 0.717) is 11.4 Å². The zero-order valence-electron chi connectivity index (χ0n) is 11.5. The molecule has 0 aliphatic rings. The Kier molecular flexibility index (Phi) is 6.05. The molecular formula is C13H17IN2O4. The lowest BCUT2D eigenvalue weighted by atomic mass is 10.2. The van der Waals surface area contributed by atoms with Crippen LogP contribution in [0.5, 0.6) is 5.75 Å². The number of nitrogens with zero attached hydrogens (tertiary/aromatic N) is 1. The molecule has 0 heterocycles. The number of amides is 2. The Morgan fingerprint density at radius 1 is 1.50 bits per heavy atom. The maximum Gasteiger partial charge on any atom is 0.321 e. The molecule has 0 aliphatic heterocycles. The minimum Gasteiger partial charge on any atom is -0.497 e. The van der Waals surface area contributed by atoms with Gasteiger partial charge in [-0.2, -0.15) is 0 Å². The summed E-state index contributed by atoms with van der Waals surface area (Å²) in [6.45, 7) is 1.71. The second-order valence-electron chi connectivity index (χ2n) is 4.40. The zero-order valence-corrected chi connectivity index (χ0v) is 13.7. The van der Waals surface area contributed by atoms with Gasteiger partial charge in [0.15, 0.2) is 0 Å². The van der Waals surface area contributed by atoms with Crippen molar-refractivity contribution in [3.63, 3.8) is 0 Å². The van der Waals surface area contributed by atoms with Gasteiger partial charge in [0.05, 0.1) is 18.7 Å². The minimum atomic E-state index is -0.927. The zero-order chi connectivity index (χ0) is 15.3. The van der Waals surface area contributed by atoms with Crippen LogP contribution in [-0.4, -0.2) is 42.7 Å². The smallest absolute Gasteiger partial charge is 0.321 e. The molecule has 2 N–H and O–H groups in total. The molecule has 0 spiro atoms. The SMILES string of the molecule is COc1ccc(NC(=O)N(C)CC(C)C(=O)O)c(I)c1. The van der Waals surface area contributed by atoms with Gasteiger partial charge in [0.25, 0.3) is 0 Å². The summed E-state index contributed by atoms with van der Waals surface area (Å²) in [5.41, 5.74) is 0.659. The van der Waals surface area contributed by atoms with Gasteiger partial charge in [-0.05, 0) is 40.8 Å². The van der Waals surface area contributed by atoms with Gasteiger partial charge in [-0.25, -0.2) is 4.79 Å². The number of carboxylic acids is 1. The van der Waals surface area contributed by atoms with Crippen LogP contribution < -0.4 is 10.1 Å². The highest BCUT2D eigenvalue weighted by Crippen LogP contribution is 2.23. The first-order valence-corrected chi connectivity index (χ1v) is 7.01. The molecule has 0 aromatic heterocycles. The Balaban J connectivity index is 2.68. The molecule has 0 aliphatic carbocycles. The summed E-state index contributed by atoms with van der Waals surface area (Å²) in [6, 6.07) is 4.95. The van der Waals surface area contributed by atoms with Crippen molar-refractivity contribution in [3.05, 3.63) is 21.8 Å². The molecule has 1 rings (SSSR count). The molecule has 6 nitrogen and oxygen atoms in total. The molecule has 20 heavy (non-hydrogen) atoms. The van der Waals surface area contributed by atoms with Crippen LogP contribution in [0.3, 0.4) is 0 Å². The molecule has 2 amide bonds. The van der Waals surface area contributed by atoms with E-state index in [1.807, 2.05) is 0 Å². The fourth-order valence-corrected chi connectivity index (χ4v) is 2.13. The van der Waals surface area contributed by atoms with E-state index < -0.39 is 11.9 Å². The van der Waals surface area contributed by atoms with Crippen LogP contribution in [0.25, 0.3) is 0 Å². The molecule has 0 saturated heterocycles. The van der Waals surface area contributed by atoms with E-state index in [9.17, 15) is 9.59 Å². The van der Waals surface area contributed by atoms with Crippen LogP contribution in [0.15, 0.2) is 18.2 Å². The van der Waals surface area contributed by atoms with Crippen LogP contribution in [0, 0.1) is 9.49 Å². The molecule has 0 radical (unpaired) electrons. The molecule has 7 heteroatoms. The first-order valence-electron chi connectivity index (χ1n) is 5.93. The minimum absolute atomic E-state index is 0.147. The first kappa shape index (κ1) is 16.5. The molecule has 1 aromatic carbocycles. The van der Waals surface area contributed by atoms with Crippen molar-refractivity contribution in [1.82, 2.24) is 4.90 Å². The normalized spacial score (nSPS) is 11.6. The summed E-state index contributed by atoms with van der Waals surface area (Å²) in [4.78, 5) is 24.1. The molecule has 1 unspecified atom stereocenters. The van der Waals surface area contributed by atoms with Gasteiger partial charge in [0.1, 0.15) is 5.75 Å². The van der Waals surface area contributed by atoms with Crippen molar-refractivity contribution in [2.75, 3.05) is 26.0 Å². The van der Waals surface area contributed by atoms with Gasteiger partial charge in [0, 0.05) is 17.2 Å². The van der Waals surface area contributed by atoms with E-state index in [0.717, 1.165) is 3.57 Å². The molecule has 0 bridgehead atoms. The second kappa shape index (κ2) is 7.32. The number of carboxylic acid groups (broad SMARTS) is 1. The van der Waals surface area contributed by atoms with Gasteiger partial charge >= 0.3 is 12.0 Å². The average Bonchev–Trinajstić information content (AvgIpc) is 2.40. The van der Waals surface area contributed by atoms with Crippen molar-refractivity contribution in [2.24, 2.45) is 5.92 Å². The largest absolute Gasteiger partial charge is 0.497 e. The summed E-state index contributed by atoms with van der Waals surface area (Å²) >= 11 is 2.09. The standard InChI is InChI=1S/C13H17IN2O4/c1-8(12(17)18)7-16(2)13(19)15-11-5-4-9(20-3)6-10(11)14/h4-6,8H,7H2,1-3H3,(H,15,19)(H,17,18). The average molecular weight is 392 g/mol. The summed E-state index contributed by atoms with van der Waals surface area (Å²) < 4.78 is 5.93. The number of hydrogen-bond donors (Lipinski definition) is 2. The first-order chi connectivity index (χ1) is 9.35. The number of nitrogens with one attached hydrogen (secondary N) is 1. The van der Waals surface area contributed by atoms with Crippen LogP contribution in [0.4, 0.5) is 10.5 Å². The maximum absolute atomic E-state index is 12.0. The molecule has 110 valence electrons. The van der Waals surface area contributed by atoms with Gasteiger partial charge in [-0.3, -0.25) is 4.79 Å². The number of carbonyl (C=O) groups excluding carboxylic acids is 1. The monoisotopic (exact) mass is 392 g/mol. The van der Waals surface area contributed by atoms with Crippen LogP contribution >= 0.6 is 22.6 Å². The van der Waals surface area contributed by atoms with Crippen molar-refractivity contribution in [2.45, 2.75) is 6.92 Å². The fourth-order valence-electron chi connectivity index (χ4n) is 1.51. The third kappa shape index (κ3) is 4.55. The number of ether oxygens (including phenoxy) is 1. The summed E-state index contributed by atoms with van der Waals surface area (Å²) in [5.74, 6) is -0.829. The van der Waals surface area contributed by atoms with Crippen molar-refractivity contribution >= 4 is 40.3 Å². The number of urea groups is 1. The third-order valence-electron chi connectivity index (χ3n) is 2.73. The molecular weight excluding hydrogens is 375 g/mol. The summed E-state index contributed by atoms with van der Waals surface area (Å²) in [5, 5.41) is 11.6. The topological polar surface area (TPSA) is 78.9 Å². The number of anilines is 1. The molecule has 0 saturated carbocycles. The lowest BCUT2D eigenvalue weighted by Gasteiger charge is -2.20. The quantitative estimate of drug-likeness (QED) is 0.755. The maximum atomic E-state index is 12.0. The van der Waals surface area contributed by atoms with E-state index >= 15 is 0 Å². The van der Waals surface area contributed by atoms with E-state index in [2.05, 4.69) is 27.9 Å². The Morgan fingerprint density at radius 2 is 2.15 bits per heavy atom. The van der Waals surface area contributed by atoms with Gasteiger partial charge in [-0.1, -0.05) is 6.92 Å². The predicted molar refractivity (Wildman–Crippen MR) is 84.2 cm³/mol. The fraction of sp³-hybridized carbons (Fsp3) is 0.385. The van der Waals surface area contributed by atoms with Crippen LogP contribution in [0.1, 0.15) is 6.92 Å². The van der Waals surface area contributed by atoms with Crippen molar-refractivity contribution in [1.29, 1.82) is 0 Å². The number of rotatable bonds is 5. The van der Waals surface area contributed by atoms with E-state index in [4.69, 9.17) is 9.84 Å². The molecule has 1 aromatic rings. The number of halogens is 1. The van der Waals surface area contributed by atoms with Crippen LogP contribution in [-0.2, 0) is 4.79 Å². The van der Waals surface area contributed by atoms with E-state index in [-0.39, 0.29) is 12.6 Å². The Hall–Kier alpha value is -1.51. The summed E-state index contributed by atoms with van der Waals surface area (Å²) in [7, 11) is 3.13. The second-order valence-corrected chi connectivity index (χ2v) is 5.56. The highest BCUT2D eigenvalue weighted by atomic mass is 127. The Bertz CT molecular complexity index is 507. The van der Waals surface area contributed by atoms with Gasteiger partial charge in [-0.15, -0.1) is 0 Å². The lowest BCUT2D eigenvalue weighted by Crippen LogP contribution is -2.36. The van der Waals surface area contributed by atoms with Crippen molar-refractivity contribution in [3.8, 4) is 5.75 Å². The molecule has 0 fully saturated rings.